The molecule has 1 fully saturated rings. The summed E-state index contributed by atoms with van der Waals surface area (Å²) in [6.07, 6.45) is 5.04. The van der Waals surface area contributed by atoms with Crippen LogP contribution in [0.3, 0.4) is 0 Å². The Morgan fingerprint density at radius 3 is 2.13 bits per heavy atom. The summed E-state index contributed by atoms with van der Waals surface area (Å²) in [7, 11) is 0. The van der Waals surface area contributed by atoms with Crippen LogP contribution in [-0.2, 0) is 4.79 Å². The second-order valence-corrected chi connectivity index (χ2v) is 7.74. The lowest BCUT2D eigenvalue weighted by atomic mass is 9.88. The van der Waals surface area contributed by atoms with E-state index >= 15 is 0 Å². The van der Waals surface area contributed by atoms with E-state index in [0.717, 1.165) is 32.1 Å². The Labute approximate surface area is 174 Å². The number of hydrogen-bond donors (Lipinski definition) is 1. The van der Waals surface area contributed by atoms with Crippen LogP contribution in [-0.4, -0.2) is 23.5 Å². The first-order chi connectivity index (χ1) is 14.5. The highest BCUT2D eigenvalue weighted by atomic mass is 19.1. The van der Waals surface area contributed by atoms with Gasteiger partial charge in [0.05, 0.1) is 0 Å². The van der Waals surface area contributed by atoms with Gasteiger partial charge < -0.3 is 5.32 Å². The molecule has 0 aliphatic heterocycles. The zero-order valence-corrected chi connectivity index (χ0v) is 16.8. The number of ketones is 2. The van der Waals surface area contributed by atoms with E-state index in [1.807, 2.05) is 0 Å². The quantitative estimate of drug-likeness (QED) is 0.818. The largest absolute Gasteiger partial charge is 0.377 e. The molecular weight excluding hydrogens is 383 g/mol. The van der Waals surface area contributed by atoms with Crippen LogP contribution in [0, 0.1) is 5.82 Å². The fraction of sp³-hybridized carbons (Fsp3) is 0.292. The van der Waals surface area contributed by atoms with Gasteiger partial charge >= 0.3 is 0 Å². The van der Waals surface area contributed by atoms with Gasteiger partial charge in [0.1, 0.15) is 17.2 Å². The minimum atomic E-state index is -0.451. The van der Waals surface area contributed by atoms with Crippen molar-refractivity contribution in [2.24, 2.45) is 0 Å². The summed E-state index contributed by atoms with van der Waals surface area (Å²) >= 11 is 0. The maximum atomic E-state index is 13.5. The van der Waals surface area contributed by atoms with Crippen LogP contribution in [0.5, 0.6) is 0 Å². The van der Waals surface area contributed by atoms with Gasteiger partial charge in [0, 0.05) is 29.8 Å². The summed E-state index contributed by atoms with van der Waals surface area (Å²) in [6, 6.07) is 12.0. The highest BCUT2D eigenvalue weighted by Crippen LogP contribution is 2.32. The van der Waals surface area contributed by atoms with E-state index in [4.69, 9.17) is 0 Å². The van der Waals surface area contributed by atoms with E-state index in [-0.39, 0.29) is 28.8 Å². The molecule has 154 valence electrons. The van der Waals surface area contributed by atoms with Crippen molar-refractivity contribution in [3.63, 3.8) is 0 Å². The molecule has 2 aromatic rings. The van der Waals surface area contributed by atoms with E-state index in [9.17, 15) is 18.8 Å². The van der Waals surface area contributed by atoms with Crippen LogP contribution in [0.4, 0.5) is 10.1 Å². The van der Waals surface area contributed by atoms with Crippen molar-refractivity contribution < 1.29 is 18.8 Å². The van der Waals surface area contributed by atoms with Gasteiger partial charge in [0.2, 0.25) is 17.5 Å². The minimum absolute atomic E-state index is 0.00313. The Morgan fingerprint density at radius 1 is 0.933 bits per heavy atom. The number of allylic oxidation sites excluding steroid dienone is 2. The molecular formula is C24H23FN2O3. The van der Waals surface area contributed by atoms with E-state index in [1.165, 1.54) is 36.1 Å². The normalized spacial score (nSPS) is 17.0. The number of carbonyl (C=O) groups excluding carboxylic acids is 3. The van der Waals surface area contributed by atoms with Gasteiger partial charge in [-0.3, -0.25) is 19.3 Å². The predicted molar refractivity (Wildman–Crippen MR) is 112 cm³/mol. The molecule has 30 heavy (non-hydrogen) atoms. The zero-order chi connectivity index (χ0) is 21.3. The fourth-order valence-electron chi connectivity index (χ4n) is 4.22. The fourth-order valence-corrected chi connectivity index (χ4v) is 4.22. The van der Waals surface area contributed by atoms with Gasteiger partial charge in [0.25, 0.3) is 0 Å². The Bertz CT molecular complexity index is 1040. The van der Waals surface area contributed by atoms with E-state index < -0.39 is 17.5 Å². The lowest BCUT2D eigenvalue weighted by Crippen LogP contribution is -2.43. The van der Waals surface area contributed by atoms with Gasteiger partial charge in [-0.1, -0.05) is 43.5 Å². The van der Waals surface area contributed by atoms with Crippen molar-refractivity contribution in [3.8, 4) is 0 Å². The molecule has 0 saturated heterocycles. The van der Waals surface area contributed by atoms with Gasteiger partial charge in [-0.05, 0) is 37.1 Å². The molecule has 0 unspecified atom stereocenters. The molecule has 4 rings (SSSR count). The first kappa shape index (κ1) is 20.0. The molecule has 2 aliphatic carbocycles. The van der Waals surface area contributed by atoms with Crippen molar-refractivity contribution >= 4 is 23.2 Å². The molecule has 0 aromatic heterocycles. The van der Waals surface area contributed by atoms with Gasteiger partial charge in [-0.2, -0.15) is 0 Å². The number of carbonyl (C=O) groups is 3. The Hall–Kier alpha value is -3.28. The van der Waals surface area contributed by atoms with Crippen molar-refractivity contribution in [1.82, 2.24) is 5.32 Å². The summed E-state index contributed by atoms with van der Waals surface area (Å²) in [5.74, 6) is -1.59. The third kappa shape index (κ3) is 3.65. The molecule has 6 heteroatoms. The molecule has 1 saturated carbocycles. The van der Waals surface area contributed by atoms with Crippen molar-refractivity contribution in [3.05, 3.63) is 76.9 Å². The molecule has 0 bridgehead atoms. The summed E-state index contributed by atoms with van der Waals surface area (Å²) in [4.78, 5) is 40.7. The standard InChI is InChI=1S/C24H23FN2O3/c1-15(28)27(18-13-11-16(25)12-14-18)22-21(26-17-7-3-2-4-8-17)23(29)19-9-5-6-10-20(19)24(22)30/h5-6,9-14,17,26H,2-4,7-8H2,1H3. The smallest absolute Gasteiger partial charge is 0.228 e. The summed E-state index contributed by atoms with van der Waals surface area (Å²) in [5, 5.41) is 3.29. The highest BCUT2D eigenvalue weighted by Gasteiger charge is 2.38. The number of anilines is 1. The van der Waals surface area contributed by atoms with Crippen LogP contribution >= 0.6 is 0 Å². The minimum Gasteiger partial charge on any atom is -0.377 e. The number of fused-ring (bicyclic) bond motifs is 1. The maximum absolute atomic E-state index is 13.5. The van der Waals surface area contributed by atoms with Gasteiger partial charge in [0.15, 0.2) is 0 Å². The number of hydrogen-bond acceptors (Lipinski definition) is 4. The van der Waals surface area contributed by atoms with Crippen LogP contribution in [0.25, 0.3) is 0 Å². The van der Waals surface area contributed by atoms with Crippen LogP contribution in [0.1, 0.15) is 59.7 Å². The number of nitrogens with one attached hydrogen (secondary N) is 1. The first-order valence-corrected chi connectivity index (χ1v) is 10.2. The van der Waals surface area contributed by atoms with Crippen molar-refractivity contribution in [2.75, 3.05) is 4.90 Å². The van der Waals surface area contributed by atoms with E-state index in [2.05, 4.69) is 5.32 Å². The second kappa shape index (κ2) is 8.22. The van der Waals surface area contributed by atoms with Gasteiger partial charge in [-0.15, -0.1) is 0 Å². The SMILES string of the molecule is CC(=O)N(C1=C(NC2CCCCC2)C(=O)c2ccccc2C1=O)c1ccc(F)cc1. The van der Waals surface area contributed by atoms with Crippen LogP contribution in [0.15, 0.2) is 59.9 Å². The first-order valence-electron chi connectivity index (χ1n) is 10.2. The maximum Gasteiger partial charge on any atom is 0.228 e. The van der Waals surface area contributed by atoms with Gasteiger partial charge in [-0.25, -0.2) is 4.39 Å². The second-order valence-electron chi connectivity index (χ2n) is 7.74. The predicted octanol–water partition coefficient (Wildman–Crippen LogP) is 4.39. The average molecular weight is 406 g/mol. The zero-order valence-electron chi connectivity index (χ0n) is 16.8. The Morgan fingerprint density at radius 2 is 1.53 bits per heavy atom. The number of amides is 1. The number of rotatable bonds is 4. The molecule has 0 radical (unpaired) electrons. The van der Waals surface area contributed by atoms with Crippen LogP contribution in [0.2, 0.25) is 0 Å². The summed E-state index contributed by atoms with van der Waals surface area (Å²) in [6.45, 7) is 1.33. The van der Waals surface area contributed by atoms with E-state index in [1.54, 1.807) is 24.3 Å². The summed E-state index contributed by atoms with van der Waals surface area (Å²) in [5.41, 5.74) is 1.07. The molecule has 1 N–H and O–H groups in total. The number of nitrogens with zero attached hydrogens (tertiary/aromatic N) is 1. The number of halogens is 1. The molecule has 1 amide bonds. The third-order valence-corrected chi connectivity index (χ3v) is 5.67. The lowest BCUT2D eigenvalue weighted by molar-refractivity contribution is -0.116. The molecule has 5 nitrogen and oxygen atoms in total. The molecule has 2 aromatic carbocycles. The summed E-state index contributed by atoms with van der Waals surface area (Å²) < 4.78 is 13.5. The van der Waals surface area contributed by atoms with Crippen LogP contribution < -0.4 is 10.2 Å². The number of benzene rings is 2. The third-order valence-electron chi connectivity index (χ3n) is 5.67. The lowest BCUT2D eigenvalue weighted by Gasteiger charge is -2.32. The number of Topliss-reactive ketones (excluding diaryl/α,β-unsaturated/α-hetero) is 2. The monoisotopic (exact) mass is 406 g/mol. The van der Waals surface area contributed by atoms with Crippen molar-refractivity contribution in [1.29, 1.82) is 0 Å². The van der Waals surface area contributed by atoms with E-state index in [0.29, 0.717) is 11.3 Å². The molecule has 0 heterocycles. The molecule has 2 aliphatic rings. The molecule has 0 atom stereocenters. The highest BCUT2D eigenvalue weighted by molar-refractivity contribution is 6.29. The van der Waals surface area contributed by atoms with Crippen molar-refractivity contribution in [2.45, 2.75) is 45.1 Å². The Balaban J connectivity index is 1.87. The topological polar surface area (TPSA) is 66.5 Å². The average Bonchev–Trinajstić information content (AvgIpc) is 2.76. The molecule has 0 spiro atoms. The Kier molecular flexibility index (Phi) is 5.48.